The van der Waals surface area contributed by atoms with E-state index in [1.165, 1.54) is 17.7 Å². The molecular weight excluding hydrogens is 230 g/mol. The second-order valence-electron chi connectivity index (χ2n) is 5.70. The Morgan fingerprint density at radius 2 is 2.06 bits per heavy atom. The quantitative estimate of drug-likeness (QED) is 0.748. The van der Waals surface area contributed by atoms with Gasteiger partial charge < -0.3 is 5.32 Å². The van der Waals surface area contributed by atoms with Crippen molar-refractivity contribution in [2.75, 3.05) is 26.2 Å². The molecule has 0 radical (unpaired) electrons. The van der Waals surface area contributed by atoms with Crippen LogP contribution >= 0.6 is 0 Å². The zero-order chi connectivity index (χ0) is 12.5. The van der Waals surface area contributed by atoms with Crippen LogP contribution in [0.1, 0.15) is 32.1 Å². The van der Waals surface area contributed by atoms with Crippen LogP contribution in [0.2, 0.25) is 0 Å². The molecule has 2 unspecified atom stereocenters. The van der Waals surface area contributed by atoms with Crippen LogP contribution in [0, 0.1) is 0 Å². The van der Waals surface area contributed by atoms with E-state index in [0.29, 0.717) is 31.6 Å². The molecule has 0 aromatic carbocycles. The Hall–Kier alpha value is -0.940. The molecule has 3 fully saturated rings. The molecule has 0 aromatic rings. The minimum atomic E-state index is -0.00438. The van der Waals surface area contributed by atoms with Gasteiger partial charge in [0.25, 0.3) is 0 Å². The third-order valence-corrected chi connectivity index (χ3v) is 4.34. The van der Waals surface area contributed by atoms with Gasteiger partial charge in [-0.2, -0.15) is 0 Å². The lowest BCUT2D eigenvalue weighted by atomic mass is 10.1. The highest BCUT2D eigenvalue weighted by molar-refractivity contribution is 5.97. The van der Waals surface area contributed by atoms with E-state index in [9.17, 15) is 9.59 Å². The highest BCUT2D eigenvalue weighted by atomic mass is 16.2. The molecule has 3 saturated heterocycles. The van der Waals surface area contributed by atoms with Gasteiger partial charge in [-0.05, 0) is 25.7 Å². The standard InChI is InChI=1S/C13H21N3O2/c17-12-2-1-6-16(12)13(18)9-15-7-5-10-3-4-11(8-15)14-10/h10-11,14H,1-9H2. The first-order valence-electron chi connectivity index (χ1n) is 7.04. The third kappa shape index (κ3) is 2.42. The van der Waals surface area contributed by atoms with Crippen molar-refractivity contribution in [1.29, 1.82) is 0 Å². The largest absolute Gasteiger partial charge is 0.310 e. The number of rotatable bonds is 2. The van der Waals surface area contributed by atoms with Crippen LogP contribution in [0.15, 0.2) is 0 Å². The number of amides is 2. The molecule has 100 valence electrons. The van der Waals surface area contributed by atoms with E-state index in [4.69, 9.17) is 0 Å². The molecule has 5 nitrogen and oxygen atoms in total. The molecule has 2 bridgehead atoms. The zero-order valence-electron chi connectivity index (χ0n) is 10.7. The maximum absolute atomic E-state index is 12.1. The molecule has 3 rings (SSSR count). The molecule has 0 saturated carbocycles. The average molecular weight is 251 g/mol. The van der Waals surface area contributed by atoms with Crippen molar-refractivity contribution in [1.82, 2.24) is 15.1 Å². The van der Waals surface area contributed by atoms with Crippen molar-refractivity contribution in [3.05, 3.63) is 0 Å². The van der Waals surface area contributed by atoms with Crippen LogP contribution < -0.4 is 5.32 Å². The SMILES string of the molecule is O=C1CCCN1C(=O)CN1CCC2CCC(C1)N2. The predicted octanol–water partition coefficient (Wildman–Crippen LogP) is -0.0383. The van der Waals surface area contributed by atoms with Crippen molar-refractivity contribution < 1.29 is 9.59 Å². The Morgan fingerprint density at radius 1 is 1.22 bits per heavy atom. The van der Waals surface area contributed by atoms with Crippen LogP contribution in [-0.2, 0) is 9.59 Å². The molecule has 1 N–H and O–H groups in total. The number of imide groups is 1. The Morgan fingerprint density at radius 3 is 2.83 bits per heavy atom. The molecule has 2 atom stereocenters. The third-order valence-electron chi connectivity index (χ3n) is 4.34. The number of carbonyl (C=O) groups excluding carboxylic acids is 2. The lowest BCUT2D eigenvalue weighted by Gasteiger charge is -2.25. The topological polar surface area (TPSA) is 52.7 Å². The first-order valence-corrected chi connectivity index (χ1v) is 7.04. The number of hydrogen-bond donors (Lipinski definition) is 1. The fraction of sp³-hybridized carbons (Fsp3) is 0.846. The van der Waals surface area contributed by atoms with E-state index in [1.54, 1.807) is 0 Å². The average Bonchev–Trinajstić information content (AvgIpc) is 2.88. The highest BCUT2D eigenvalue weighted by Crippen LogP contribution is 2.20. The molecular formula is C13H21N3O2. The van der Waals surface area contributed by atoms with Crippen molar-refractivity contribution >= 4 is 11.8 Å². The fourth-order valence-electron chi connectivity index (χ4n) is 3.35. The van der Waals surface area contributed by atoms with Crippen LogP contribution in [0.4, 0.5) is 0 Å². The van der Waals surface area contributed by atoms with Gasteiger partial charge in [0, 0.05) is 38.1 Å². The maximum Gasteiger partial charge on any atom is 0.243 e. The number of nitrogens with one attached hydrogen (secondary N) is 1. The Bertz CT molecular complexity index is 358. The van der Waals surface area contributed by atoms with Gasteiger partial charge in [0.1, 0.15) is 0 Å². The lowest BCUT2D eigenvalue weighted by Crippen LogP contribution is -2.43. The van der Waals surface area contributed by atoms with Crippen LogP contribution in [0.5, 0.6) is 0 Å². The summed E-state index contributed by atoms with van der Waals surface area (Å²) in [6.07, 6.45) is 4.99. The van der Waals surface area contributed by atoms with Crippen LogP contribution in [0.3, 0.4) is 0 Å². The van der Waals surface area contributed by atoms with E-state index < -0.39 is 0 Å². The van der Waals surface area contributed by atoms with Gasteiger partial charge in [-0.15, -0.1) is 0 Å². The van der Waals surface area contributed by atoms with Crippen LogP contribution in [-0.4, -0.2) is 59.9 Å². The summed E-state index contributed by atoms with van der Waals surface area (Å²) in [6.45, 7) is 2.96. The number of likely N-dealkylation sites (tertiary alicyclic amines) is 2. The summed E-state index contributed by atoms with van der Waals surface area (Å²) in [7, 11) is 0. The molecule has 5 heteroatoms. The van der Waals surface area contributed by atoms with Crippen molar-refractivity contribution in [2.45, 2.75) is 44.2 Å². The number of nitrogens with zero attached hydrogens (tertiary/aromatic N) is 2. The Kier molecular flexibility index (Phi) is 3.35. The predicted molar refractivity (Wildman–Crippen MR) is 67.0 cm³/mol. The summed E-state index contributed by atoms with van der Waals surface area (Å²) in [5.41, 5.74) is 0. The smallest absolute Gasteiger partial charge is 0.243 e. The lowest BCUT2D eigenvalue weighted by molar-refractivity contribution is -0.142. The first-order chi connectivity index (χ1) is 8.72. The summed E-state index contributed by atoms with van der Waals surface area (Å²) in [6, 6.07) is 1.18. The minimum absolute atomic E-state index is 0.00438. The molecule has 3 aliphatic rings. The number of hydrogen-bond acceptors (Lipinski definition) is 4. The maximum atomic E-state index is 12.1. The van der Waals surface area contributed by atoms with E-state index in [1.807, 2.05) is 0 Å². The van der Waals surface area contributed by atoms with E-state index in [-0.39, 0.29) is 11.8 Å². The molecule has 2 amide bonds. The molecule has 3 aliphatic heterocycles. The second kappa shape index (κ2) is 4.97. The minimum Gasteiger partial charge on any atom is -0.310 e. The van der Waals surface area contributed by atoms with Gasteiger partial charge in [0.15, 0.2) is 0 Å². The number of fused-ring (bicyclic) bond motifs is 2. The van der Waals surface area contributed by atoms with Gasteiger partial charge in [-0.3, -0.25) is 19.4 Å². The van der Waals surface area contributed by atoms with Gasteiger partial charge >= 0.3 is 0 Å². The molecule has 0 aliphatic carbocycles. The van der Waals surface area contributed by atoms with E-state index >= 15 is 0 Å². The number of carbonyl (C=O) groups is 2. The fourth-order valence-corrected chi connectivity index (χ4v) is 3.35. The van der Waals surface area contributed by atoms with Crippen molar-refractivity contribution in [3.8, 4) is 0 Å². The molecule has 0 aromatic heterocycles. The van der Waals surface area contributed by atoms with E-state index in [0.717, 1.165) is 25.9 Å². The summed E-state index contributed by atoms with van der Waals surface area (Å²) in [5.74, 6) is 0.00439. The van der Waals surface area contributed by atoms with Crippen LogP contribution in [0.25, 0.3) is 0 Å². The normalized spacial score (nSPS) is 32.9. The monoisotopic (exact) mass is 251 g/mol. The Labute approximate surface area is 107 Å². The van der Waals surface area contributed by atoms with Gasteiger partial charge in [0.05, 0.1) is 6.54 Å². The summed E-state index contributed by atoms with van der Waals surface area (Å²) in [4.78, 5) is 27.3. The van der Waals surface area contributed by atoms with Gasteiger partial charge in [-0.1, -0.05) is 0 Å². The zero-order valence-corrected chi connectivity index (χ0v) is 10.7. The van der Waals surface area contributed by atoms with Gasteiger partial charge in [0.2, 0.25) is 11.8 Å². The van der Waals surface area contributed by atoms with Crippen molar-refractivity contribution in [2.24, 2.45) is 0 Å². The summed E-state index contributed by atoms with van der Waals surface area (Å²) >= 11 is 0. The first kappa shape index (κ1) is 12.1. The Balaban J connectivity index is 1.56. The summed E-state index contributed by atoms with van der Waals surface area (Å²) < 4.78 is 0. The molecule has 3 heterocycles. The van der Waals surface area contributed by atoms with Gasteiger partial charge in [-0.25, -0.2) is 0 Å². The molecule has 18 heavy (non-hydrogen) atoms. The summed E-state index contributed by atoms with van der Waals surface area (Å²) in [5, 5.41) is 3.60. The van der Waals surface area contributed by atoms with Crippen molar-refractivity contribution in [3.63, 3.8) is 0 Å². The second-order valence-corrected chi connectivity index (χ2v) is 5.70. The molecule has 0 spiro atoms. The highest BCUT2D eigenvalue weighted by Gasteiger charge is 2.32. The van der Waals surface area contributed by atoms with E-state index in [2.05, 4.69) is 10.2 Å².